The van der Waals surface area contributed by atoms with Gasteiger partial charge in [0.15, 0.2) is 0 Å². The van der Waals surface area contributed by atoms with Gasteiger partial charge in [-0.15, -0.1) is 0 Å². The first kappa shape index (κ1) is 22.7. The van der Waals surface area contributed by atoms with Crippen LogP contribution in [0.4, 0.5) is 5.69 Å². The Hall–Kier alpha value is -3.51. The number of methoxy groups -OCH3 is 2. The summed E-state index contributed by atoms with van der Waals surface area (Å²) in [6.07, 6.45) is 0.0802. The van der Waals surface area contributed by atoms with Crippen molar-refractivity contribution < 1.29 is 19.1 Å². The second-order valence-corrected chi connectivity index (χ2v) is 8.34. The first-order valence-corrected chi connectivity index (χ1v) is 11.0. The molecular formula is C26H25ClN2O4. The SMILES string of the molecule is COc1ccc([C@H](CC(=O)Nc2cc(C)c(Cl)cc2OC)N2Cc3ccccc3C2=O)cc1. The molecule has 170 valence electrons. The second kappa shape index (κ2) is 9.55. The first-order valence-electron chi connectivity index (χ1n) is 10.6. The maximum atomic E-state index is 13.2. The van der Waals surface area contributed by atoms with Crippen LogP contribution in [0.1, 0.15) is 39.5 Å². The number of rotatable bonds is 7. The average Bonchev–Trinajstić information content (AvgIpc) is 3.16. The Morgan fingerprint density at radius 3 is 2.48 bits per heavy atom. The lowest BCUT2D eigenvalue weighted by Crippen LogP contribution is -2.32. The molecule has 4 rings (SSSR count). The lowest BCUT2D eigenvalue weighted by Gasteiger charge is -2.28. The molecule has 0 aliphatic carbocycles. The fourth-order valence-electron chi connectivity index (χ4n) is 4.07. The van der Waals surface area contributed by atoms with Gasteiger partial charge in [0.05, 0.1) is 32.4 Å². The van der Waals surface area contributed by atoms with Gasteiger partial charge in [-0.3, -0.25) is 9.59 Å². The number of benzene rings is 3. The lowest BCUT2D eigenvalue weighted by atomic mass is 10.0. The number of halogens is 1. The van der Waals surface area contributed by atoms with E-state index in [-0.39, 0.29) is 18.2 Å². The highest BCUT2D eigenvalue weighted by Crippen LogP contribution is 2.35. The molecule has 7 heteroatoms. The molecule has 0 aromatic heterocycles. The van der Waals surface area contributed by atoms with E-state index in [2.05, 4.69) is 5.32 Å². The molecule has 0 saturated heterocycles. The average molecular weight is 465 g/mol. The number of carbonyl (C=O) groups is 2. The maximum absolute atomic E-state index is 13.2. The van der Waals surface area contributed by atoms with E-state index in [9.17, 15) is 9.59 Å². The smallest absolute Gasteiger partial charge is 0.255 e. The third-order valence-electron chi connectivity index (χ3n) is 5.86. The zero-order valence-corrected chi connectivity index (χ0v) is 19.5. The summed E-state index contributed by atoms with van der Waals surface area (Å²) in [6, 6.07) is 18.0. The van der Waals surface area contributed by atoms with Crippen molar-refractivity contribution in [2.24, 2.45) is 0 Å². The van der Waals surface area contributed by atoms with E-state index in [1.165, 1.54) is 7.11 Å². The summed E-state index contributed by atoms with van der Waals surface area (Å²) in [7, 11) is 3.12. The number of hydrogen-bond acceptors (Lipinski definition) is 4. The van der Waals surface area contributed by atoms with Gasteiger partial charge in [-0.05, 0) is 47.9 Å². The van der Waals surface area contributed by atoms with Crippen LogP contribution in [0.2, 0.25) is 5.02 Å². The minimum absolute atomic E-state index is 0.0802. The topological polar surface area (TPSA) is 67.9 Å². The molecule has 1 heterocycles. The number of nitrogens with zero attached hydrogens (tertiary/aromatic N) is 1. The highest BCUT2D eigenvalue weighted by Gasteiger charge is 2.34. The highest BCUT2D eigenvalue weighted by atomic mass is 35.5. The van der Waals surface area contributed by atoms with Crippen molar-refractivity contribution in [3.05, 3.63) is 87.9 Å². The zero-order chi connectivity index (χ0) is 23.5. The molecule has 0 saturated carbocycles. The van der Waals surface area contributed by atoms with Gasteiger partial charge in [-0.25, -0.2) is 0 Å². The van der Waals surface area contributed by atoms with Crippen molar-refractivity contribution in [1.29, 1.82) is 0 Å². The second-order valence-electron chi connectivity index (χ2n) is 7.93. The van der Waals surface area contributed by atoms with Crippen LogP contribution < -0.4 is 14.8 Å². The largest absolute Gasteiger partial charge is 0.497 e. The van der Waals surface area contributed by atoms with Crippen LogP contribution >= 0.6 is 11.6 Å². The molecule has 1 atom stereocenters. The Balaban J connectivity index is 1.62. The van der Waals surface area contributed by atoms with Gasteiger partial charge in [-0.2, -0.15) is 0 Å². The van der Waals surface area contributed by atoms with Crippen molar-refractivity contribution in [2.75, 3.05) is 19.5 Å². The molecule has 2 amide bonds. The van der Waals surface area contributed by atoms with Crippen LogP contribution in [0.3, 0.4) is 0 Å². The third-order valence-corrected chi connectivity index (χ3v) is 6.27. The molecule has 33 heavy (non-hydrogen) atoms. The Bertz CT molecular complexity index is 1190. The molecular weight excluding hydrogens is 440 g/mol. The van der Waals surface area contributed by atoms with Crippen molar-refractivity contribution in [2.45, 2.75) is 25.9 Å². The fourth-order valence-corrected chi connectivity index (χ4v) is 4.22. The predicted octanol–water partition coefficient (Wildman–Crippen LogP) is 5.39. The molecule has 0 unspecified atom stereocenters. The summed E-state index contributed by atoms with van der Waals surface area (Å²) in [6.45, 7) is 2.31. The summed E-state index contributed by atoms with van der Waals surface area (Å²) in [4.78, 5) is 28.1. The van der Waals surface area contributed by atoms with Crippen LogP contribution in [-0.2, 0) is 11.3 Å². The van der Waals surface area contributed by atoms with Gasteiger partial charge >= 0.3 is 0 Å². The van der Waals surface area contributed by atoms with Crippen LogP contribution in [0, 0.1) is 6.92 Å². The summed E-state index contributed by atoms with van der Waals surface area (Å²) in [5.74, 6) is 0.864. The van der Waals surface area contributed by atoms with Crippen molar-refractivity contribution in [3.63, 3.8) is 0 Å². The third kappa shape index (κ3) is 4.66. The molecule has 1 N–H and O–H groups in total. The molecule has 6 nitrogen and oxygen atoms in total. The minimum atomic E-state index is -0.449. The van der Waals surface area contributed by atoms with E-state index in [4.69, 9.17) is 21.1 Å². The van der Waals surface area contributed by atoms with Crippen molar-refractivity contribution in [1.82, 2.24) is 4.90 Å². The number of nitrogens with one attached hydrogen (secondary N) is 1. The van der Waals surface area contributed by atoms with Crippen LogP contribution in [-0.4, -0.2) is 30.9 Å². The number of aryl methyl sites for hydroxylation is 1. The van der Waals surface area contributed by atoms with Crippen LogP contribution in [0.25, 0.3) is 0 Å². The first-order chi connectivity index (χ1) is 15.9. The number of amides is 2. The summed E-state index contributed by atoms with van der Waals surface area (Å²) in [5.41, 5.74) is 3.84. The Kier molecular flexibility index (Phi) is 6.56. The van der Waals surface area contributed by atoms with Crippen molar-refractivity contribution >= 4 is 29.1 Å². The quantitative estimate of drug-likeness (QED) is 0.509. The minimum Gasteiger partial charge on any atom is -0.497 e. The van der Waals surface area contributed by atoms with Gasteiger partial charge in [0, 0.05) is 23.2 Å². The van der Waals surface area contributed by atoms with E-state index in [1.54, 1.807) is 24.1 Å². The zero-order valence-electron chi connectivity index (χ0n) is 18.7. The molecule has 0 radical (unpaired) electrons. The Labute approximate surface area is 198 Å². The molecule has 3 aromatic carbocycles. The monoisotopic (exact) mass is 464 g/mol. The number of anilines is 1. The van der Waals surface area contributed by atoms with Crippen LogP contribution in [0.5, 0.6) is 11.5 Å². The van der Waals surface area contributed by atoms with Gasteiger partial charge in [-0.1, -0.05) is 41.9 Å². The number of carbonyl (C=O) groups excluding carboxylic acids is 2. The highest BCUT2D eigenvalue weighted by molar-refractivity contribution is 6.31. The standard InChI is InChI=1S/C26H25ClN2O4/c1-16-12-22(24(33-3)13-21(16)27)28-25(30)14-23(17-8-10-19(32-2)11-9-17)29-15-18-6-4-5-7-20(18)26(29)31/h4-13,23H,14-15H2,1-3H3,(H,28,30)/t23-/m0/s1. The Morgan fingerprint density at radius 1 is 1.09 bits per heavy atom. The predicted molar refractivity (Wildman–Crippen MR) is 128 cm³/mol. The van der Waals surface area contributed by atoms with Crippen LogP contribution in [0.15, 0.2) is 60.7 Å². The van der Waals surface area contributed by atoms with E-state index in [0.717, 1.165) is 16.7 Å². The number of ether oxygens (including phenoxy) is 2. The molecule has 3 aromatic rings. The van der Waals surface area contributed by atoms with E-state index >= 15 is 0 Å². The summed E-state index contributed by atoms with van der Waals surface area (Å²) in [5, 5.41) is 3.48. The van der Waals surface area contributed by atoms with Gasteiger partial charge in [0.2, 0.25) is 5.91 Å². The lowest BCUT2D eigenvalue weighted by molar-refractivity contribution is -0.117. The maximum Gasteiger partial charge on any atom is 0.255 e. The molecule has 0 spiro atoms. The normalized spacial score (nSPS) is 13.5. The number of fused-ring (bicyclic) bond motifs is 1. The molecule has 1 aliphatic heterocycles. The van der Waals surface area contributed by atoms with Gasteiger partial charge < -0.3 is 19.7 Å². The Morgan fingerprint density at radius 2 is 1.82 bits per heavy atom. The molecule has 0 bridgehead atoms. The van der Waals surface area contributed by atoms with E-state index < -0.39 is 6.04 Å². The van der Waals surface area contributed by atoms with E-state index in [0.29, 0.717) is 34.3 Å². The van der Waals surface area contributed by atoms with Gasteiger partial charge in [0.1, 0.15) is 11.5 Å². The van der Waals surface area contributed by atoms with Gasteiger partial charge in [0.25, 0.3) is 5.91 Å². The van der Waals surface area contributed by atoms with Crippen molar-refractivity contribution in [3.8, 4) is 11.5 Å². The summed E-state index contributed by atoms with van der Waals surface area (Å²) >= 11 is 6.19. The fraction of sp³-hybridized carbons (Fsp3) is 0.231. The van der Waals surface area contributed by atoms with E-state index in [1.807, 2.05) is 55.5 Å². The molecule has 1 aliphatic rings. The number of hydrogen-bond donors (Lipinski definition) is 1. The summed E-state index contributed by atoms with van der Waals surface area (Å²) < 4.78 is 10.6. The molecule has 0 fully saturated rings.